The highest BCUT2D eigenvalue weighted by molar-refractivity contribution is 6.33. The van der Waals surface area contributed by atoms with E-state index in [2.05, 4.69) is 4.74 Å². The maximum atomic E-state index is 11.1. The number of halogens is 1. The average Bonchev–Trinajstić information content (AvgIpc) is 2.40. The third-order valence-corrected chi connectivity index (χ3v) is 2.92. The number of esters is 1. The average molecular weight is 267 g/mol. The third-order valence-electron chi connectivity index (χ3n) is 2.61. The zero-order valence-corrected chi connectivity index (χ0v) is 11.2. The van der Waals surface area contributed by atoms with Crippen molar-refractivity contribution < 1.29 is 9.53 Å². The van der Waals surface area contributed by atoms with Gasteiger partial charge in [-0.25, -0.2) is 0 Å². The van der Waals surface area contributed by atoms with Gasteiger partial charge in [-0.05, 0) is 25.1 Å². The minimum absolute atomic E-state index is 0.252. The van der Waals surface area contributed by atoms with Gasteiger partial charge in [-0.1, -0.05) is 11.6 Å². The van der Waals surface area contributed by atoms with Gasteiger partial charge in [-0.3, -0.25) is 4.79 Å². The zero-order chi connectivity index (χ0) is 13.5. The number of hydrogen-bond donors (Lipinski definition) is 0. The lowest BCUT2D eigenvalue weighted by Crippen LogP contribution is -2.26. The Balaban J connectivity index is 2.82. The first-order valence-corrected chi connectivity index (χ1v) is 6.01. The van der Waals surface area contributed by atoms with E-state index in [0.29, 0.717) is 23.6 Å². The molecule has 1 rings (SSSR count). The van der Waals surface area contributed by atoms with E-state index in [-0.39, 0.29) is 5.97 Å². The second kappa shape index (κ2) is 6.87. The number of anilines is 1. The van der Waals surface area contributed by atoms with Crippen molar-refractivity contribution in [2.24, 2.45) is 0 Å². The van der Waals surface area contributed by atoms with Crippen LogP contribution >= 0.6 is 11.6 Å². The minimum atomic E-state index is -0.252. The molecule has 0 unspecified atom stereocenters. The minimum Gasteiger partial charge on any atom is -0.469 e. The van der Waals surface area contributed by atoms with Crippen molar-refractivity contribution in [1.29, 1.82) is 5.26 Å². The summed E-state index contributed by atoms with van der Waals surface area (Å²) in [5, 5.41) is 9.29. The molecular formula is C13H15ClN2O2. The van der Waals surface area contributed by atoms with Crippen LogP contribution in [0, 0.1) is 11.3 Å². The van der Waals surface area contributed by atoms with Crippen molar-refractivity contribution in [2.75, 3.05) is 25.1 Å². The van der Waals surface area contributed by atoms with Crippen molar-refractivity contribution in [3.05, 3.63) is 28.8 Å². The molecule has 0 aliphatic heterocycles. The maximum absolute atomic E-state index is 11.1. The summed E-state index contributed by atoms with van der Waals surface area (Å²) in [6, 6.07) is 7.16. The summed E-state index contributed by atoms with van der Waals surface area (Å²) in [5.74, 6) is -0.252. The summed E-state index contributed by atoms with van der Waals surface area (Å²) in [7, 11) is 1.37. The second-order valence-corrected chi connectivity index (χ2v) is 4.09. The molecule has 96 valence electrons. The Morgan fingerprint density at radius 2 is 2.28 bits per heavy atom. The van der Waals surface area contributed by atoms with Crippen LogP contribution in [0.25, 0.3) is 0 Å². The van der Waals surface area contributed by atoms with Crippen molar-refractivity contribution >= 4 is 23.3 Å². The third kappa shape index (κ3) is 3.64. The molecule has 0 aliphatic rings. The summed E-state index contributed by atoms with van der Waals surface area (Å²) >= 11 is 6.12. The Morgan fingerprint density at radius 1 is 1.56 bits per heavy atom. The van der Waals surface area contributed by atoms with Gasteiger partial charge in [0.2, 0.25) is 0 Å². The highest BCUT2D eigenvalue weighted by Gasteiger charge is 2.11. The van der Waals surface area contributed by atoms with Gasteiger partial charge >= 0.3 is 5.97 Å². The van der Waals surface area contributed by atoms with Gasteiger partial charge in [0, 0.05) is 13.1 Å². The number of rotatable bonds is 5. The van der Waals surface area contributed by atoms with Gasteiger partial charge in [0.1, 0.15) is 0 Å². The van der Waals surface area contributed by atoms with E-state index in [4.69, 9.17) is 16.9 Å². The molecule has 0 N–H and O–H groups in total. The molecule has 0 bridgehead atoms. The molecule has 0 amide bonds. The monoisotopic (exact) mass is 266 g/mol. The van der Waals surface area contributed by atoms with Crippen molar-refractivity contribution in [2.45, 2.75) is 13.3 Å². The van der Waals surface area contributed by atoms with Crippen LogP contribution < -0.4 is 4.90 Å². The van der Waals surface area contributed by atoms with Crippen LogP contribution in [0.5, 0.6) is 0 Å². The molecule has 0 heterocycles. The standard InChI is InChI=1S/C13H15ClN2O2/c1-3-16(7-6-13(17)18-2)12-5-4-10(9-15)8-11(12)14/h4-5,8H,3,6-7H2,1-2H3. The lowest BCUT2D eigenvalue weighted by molar-refractivity contribution is -0.140. The van der Waals surface area contributed by atoms with Crippen LogP contribution in [-0.2, 0) is 9.53 Å². The first-order chi connectivity index (χ1) is 8.62. The van der Waals surface area contributed by atoms with E-state index in [1.54, 1.807) is 18.2 Å². The summed E-state index contributed by atoms with van der Waals surface area (Å²) < 4.78 is 4.61. The largest absolute Gasteiger partial charge is 0.469 e. The van der Waals surface area contributed by atoms with Crippen LogP contribution in [0.15, 0.2) is 18.2 Å². The Bertz CT molecular complexity index is 469. The maximum Gasteiger partial charge on any atom is 0.307 e. The molecule has 0 saturated heterocycles. The summed E-state index contributed by atoms with van der Waals surface area (Å²) in [4.78, 5) is 13.1. The highest BCUT2D eigenvalue weighted by Crippen LogP contribution is 2.26. The Labute approximate surface area is 112 Å². The van der Waals surface area contributed by atoms with Crippen LogP contribution in [-0.4, -0.2) is 26.2 Å². The molecule has 5 heteroatoms. The van der Waals surface area contributed by atoms with E-state index in [1.807, 2.05) is 17.9 Å². The molecule has 1 aromatic rings. The predicted molar refractivity (Wildman–Crippen MR) is 70.7 cm³/mol. The van der Waals surface area contributed by atoms with Gasteiger partial charge in [0.25, 0.3) is 0 Å². The van der Waals surface area contributed by atoms with E-state index in [0.717, 1.165) is 12.2 Å². The number of methoxy groups -OCH3 is 1. The number of ether oxygens (including phenoxy) is 1. The fourth-order valence-electron chi connectivity index (χ4n) is 1.61. The SMILES string of the molecule is CCN(CCC(=O)OC)c1ccc(C#N)cc1Cl. The first kappa shape index (κ1) is 14.3. The smallest absolute Gasteiger partial charge is 0.307 e. The molecule has 4 nitrogen and oxygen atoms in total. The molecule has 18 heavy (non-hydrogen) atoms. The molecule has 0 radical (unpaired) electrons. The number of benzene rings is 1. The normalized spacial score (nSPS) is 9.67. The van der Waals surface area contributed by atoms with E-state index in [9.17, 15) is 4.79 Å². The van der Waals surface area contributed by atoms with Crippen LogP contribution in [0.4, 0.5) is 5.69 Å². The summed E-state index contributed by atoms with van der Waals surface area (Å²) in [5.41, 5.74) is 1.34. The molecule has 0 atom stereocenters. The van der Waals surface area contributed by atoms with Crippen LogP contribution in [0.3, 0.4) is 0 Å². The zero-order valence-electron chi connectivity index (χ0n) is 10.4. The van der Waals surface area contributed by atoms with Gasteiger partial charge in [-0.2, -0.15) is 5.26 Å². The topological polar surface area (TPSA) is 53.3 Å². The lowest BCUT2D eigenvalue weighted by atomic mass is 10.2. The first-order valence-electron chi connectivity index (χ1n) is 5.63. The Hall–Kier alpha value is -1.73. The van der Waals surface area contributed by atoms with Crippen molar-refractivity contribution in [1.82, 2.24) is 0 Å². The molecule has 1 aromatic carbocycles. The van der Waals surface area contributed by atoms with E-state index < -0.39 is 0 Å². The molecule has 0 fully saturated rings. The summed E-state index contributed by atoms with van der Waals surface area (Å²) in [6.45, 7) is 3.24. The van der Waals surface area contributed by atoms with Gasteiger partial charge in [0.05, 0.1) is 35.9 Å². The van der Waals surface area contributed by atoms with Gasteiger partial charge in [-0.15, -0.1) is 0 Å². The van der Waals surface area contributed by atoms with Gasteiger partial charge in [0.15, 0.2) is 0 Å². The fourth-order valence-corrected chi connectivity index (χ4v) is 1.91. The fraction of sp³-hybridized carbons (Fsp3) is 0.385. The lowest BCUT2D eigenvalue weighted by Gasteiger charge is -2.23. The van der Waals surface area contributed by atoms with E-state index in [1.165, 1.54) is 7.11 Å². The number of hydrogen-bond acceptors (Lipinski definition) is 4. The number of carbonyl (C=O) groups is 1. The Morgan fingerprint density at radius 3 is 2.78 bits per heavy atom. The Kier molecular flexibility index (Phi) is 5.47. The number of nitrogens with zero attached hydrogens (tertiary/aromatic N) is 2. The molecule has 0 aliphatic carbocycles. The van der Waals surface area contributed by atoms with Crippen molar-refractivity contribution in [3.8, 4) is 6.07 Å². The van der Waals surface area contributed by atoms with Crippen LogP contribution in [0.2, 0.25) is 5.02 Å². The molecule has 0 spiro atoms. The number of carbonyl (C=O) groups excluding carboxylic acids is 1. The summed E-state index contributed by atoms with van der Waals surface area (Å²) in [6.07, 6.45) is 0.306. The van der Waals surface area contributed by atoms with Crippen LogP contribution in [0.1, 0.15) is 18.9 Å². The van der Waals surface area contributed by atoms with Gasteiger partial charge < -0.3 is 9.64 Å². The molecule has 0 saturated carbocycles. The predicted octanol–water partition coefficient (Wildman–Crippen LogP) is 2.60. The quantitative estimate of drug-likeness (QED) is 0.769. The molecular weight excluding hydrogens is 252 g/mol. The van der Waals surface area contributed by atoms with Crippen molar-refractivity contribution in [3.63, 3.8) is 0 Å². The van der Waals surface area contributed by atoms with E-state index >= 15 is 0 Å². The molecule has 0 aromatic heterocycles. The second-order valence-electron chi connectivity index (χ2n) is 3.68. The number of nitriles is 1. The highest BCUT2D eigenvalue weighted by atomic mass is 35.5.